The first-order chi connectivity index (χ1) is 9.24. The number of nitrogens with one attached hydrogen (secondary N) is 1. The van der Waals surface area contributed by atoms with Gasteiger partial charge in [0.05, 0.1) is 6.61 Å². The number of ether oxygens (including phenoxy) is 1. The molecule has 2 rings (SSSR count). The van der Waals surface area contributed by atoms with Crippen LogP contribution in [0.3, 0.4) is 0 Å². The number of rotatable bonds is 7. The Morgan fingerprint density at radius 1 is 1.37 bits per heavy atom. The molecule has 1 aromatic carbocycles. The Morgan fingerprint density at radius 2 is 2.21 bits per heavy atom. The van der Waals surface area contributed by atoms with Gasteiger partial charge < -0.3 is 10.1 Å². The lowest BCUT2D eigenvalue weighted by Crippen LogP contribution is -2.28. The number of aryl methyl sites for hydroxylation is 1. The summed E-state index contributed by atoms with van der Waals surface area (Å²) in [5, 5.41) is 3.54. The first kappa shape index (κ1) is 14.9. The van der Waals surface area contributed by atoms with E-state index in [4.69, 9.17) is 4.74 Å². The normalized spacial score (nSPS) is 15.1. The maximum Gasteiger partial charge on any atom is 0.125 e. The predicted octanol–water partition coefficient (Wildman–Crippen LogP) is 4.09. The van der Waals surface area contributed by atoms with E-state index < -0.39 is 0 Å². The van der Waals surface area contributed by atoms with Crippen molar-refractivity contribution in [2.75, 3.05) is 13.2 Å². The zero-order chi connectivity index (χ0) is 13.7. The minimum Gasteiger partial charge on any atom is -0.493 e. The fourth-order valence-corrected chi connectivity index (χ4v) is 3.36. The highest BCUT2D eigenvalue weighted by atomic mass is 79.9. The van der Waals surface area contributed by atoms with E-state index in [0.29, 0.717) is 6.04 Å². The SMILES string of the molecule is CCNC(CC)CCCc1cc(Br)cc2c1OCC2. The molecule has 19 heavy (non-hydrogen) atoms. The van der Waals surface area contributed by atoms with E-state index in [2.05, 4.69) is 47.2 Å². The summed E-state index contributed by atoms with van der Waals surface area (Å²) in [5.41, 5.74) is 2.73. The predicted molar refractivity (Wildman–Crippen MR) is 84.0 cm³/mol. The fourth-order valence-electron chi connectivity index (χ4n) is 2.81. The second-order valence-corrected chi connectivity index (χ2v) is 6.12. The Kier molecular flexibility index (Phi) is 5.71. The lowest BCUT2D eigenvalue weighted by Gasteiger charge is -2.16. The minimum absolute atomic E-state index is 0.658. The third-order valence-electron chi connectivity index (χ3n) is 3.81. The van der Waals surface area contributed by atoms with Crippen molar-refractivity contribution >= 4 is 15.9 Å². The van der Waals surface area contributed by atoms with Gasteiger partial charge in [0, 0.05) is 16.9 Å². The zero-order valence-electron chi connectivity index (χ0n) is 12.0. The van der Waals surface area contributed by atoms with Gasteiger partial charge >= 0.3 is 0 Å². The fraction of sp³-hybridized carbons (Fsp3) is 0.625. The van der Waals surface area contributed by atoms with Crippen molar-refractivity contribution in [1.82, 2.24) is 5.32 Å². The quantitative estimate of drug-likeness (QED) is 0.815. The van der Waals surface area contributed by atoms with Gasteiger partial charge in [0.15, 0.2) is 0 Å². The van der Waals surface area contributed by atoms with Crippen LogP contribution in [0.2, 0.25) is 0 Å². The van der Waals surface area contributed by atoms with Gasteiger partial charge in [-0.15, -0.1) is 0 Å². The molecule has 106 valence electrons. The molecule has 1 atom stereocenters. The highest BCUT2D eigenvalue weighted by molar-refractivity contribution is 9.10. The van der Waals surface area contributed by atoms with Crippen LogP contribution in [-0.2, 0) is 12.8 Å². The van der Waals surface area contributed by atoms with Gasteiger partial charge in [0.1, 0.15) is 5.75 Å². The molecule has 0 saturated heterocycles. The Labute approximate surface area is 125 Å². The molecule has 0 radical (unpaired) electrons. The molecule has 0 aromatic heterocycles. The second kappa shape index (κ2) is 7.30. The third-order valence-corrected chi connectivity index (χ3v) is 4.27. The molecule has 3 heteroatoms. The summed E-state index contributed by atoms with van der Waals surface area (Å²) < 4.78 is 6.97. The van der Waals surface area contributed by atoms with Gasteiger partial charge in [0.2, 0.25) is 0 Å². The number of hydrogen-bond acceptors (Lipinski definition) is 2. The van der Waals surface area contributed by atoms with E-state index in [1.165, 1.54) is 34.9 Å². The summed E-state index contributed by atoms with van der Waals surface area (Å²) in [6.45, 7) is 6.34. The molecule has 1 unspecified atom stereocenters. The lowest BCUT2D eigenvalue weighted by atomic mass is 10.0. The second-order valence-electron chi connectivity index (χ2n) is 5.21. The van der Waals surface area contributed by atoms with Gasteiger partial charge in [-0.1, -0.05) is 29.8 Å². The molecule has 0 saturated carbocycles. The van der Waals surface area contributed by atoms with Crippen molar-refractivity contribution in [3.8, 4) is 5.75 Å². The van der Waals surface area contributed by atoms with Crippen LogP contribution in [0, 0.1) is 0 Å². The van der Waals surface area contributed by atoms with Gasteiger partial charge in [-0.05, 0) is 55.5 Å². The molecular weight excluding hydrogens is 302 g/mol. The zero-order valence-corrected chi connectivity index (χ0v) is 13.6. The molecular formula is C16H24BrNO. The van der Waals surface area contributed by atoms with E-state index in [-0.39, 0.29) is 0 Å². The van der Waals surface area contributed by atoms with Gasteiger partial charge in [0.25, 0.3) is 0 Å². The standard InChI is InChI=1S/C16H24BrNO/c1-3-15(18-4-2)7-5-6-12-10-14(17)11-13-8-9-19-16(12)13/h10-11,15,18H,3-9H2,1-2H3. The molecule has 1 aliphatic rings. The topological polar surface area (TPSA) is 21.3 Å². The molecule has 0 fully saturated rings. The van der Waals surface area contributed by atoms with Crippen molar-refractivity contribution in [2.45, 2.75) is 52.0 Å². The third kappa shape index (κ3) is 3.96. The van der Waals surface area contributed by atoms with Gasteiger partial charge in [-0.2, -0.15) is 0 Å². The smallest absolute Gasteiger partial charge is 0.125 e. The Bertz CT molecular complexity index is 419. The van der Waals surface area contributed by atoms with Crippen LogP contribution in [-0.4, -0.2) is 19.2 Å². The van der Waals surface area contributed by atoms with Crippen molar-refractivity contribution in [3.05, 3.63) is 27.7 Å². The van der Waals surface area contributed by atoms with Crippen LogP contribution < -0.4 is 10.1 Å². The van der Waals surface area contributed by atoms with Crippen LogP contribution >= 0.6 is 15.9 Å². The first-order valence-corrected chi connectivity index (χ1v) is 8.21. The number of benzene rings is 1. The molecule has 0 amide bonds. The number of hydrogen-bond donors (Lipinski definition) is 1. The van der Waals surface area contributed by atoms with Crippen LogP contribution in [0.4, 0.5) is 0 Å². The van der Waals surface area contributed by atoms with Gasteiger partial charge in [-0.3, -0.25) is 0 Å². The molecule has 1 aliphatic heterocycles. The molecule has 1 N–H and O–H groups in total. The van der Waals surface area contributed by atoms with Crippen molar-refractivity contribution in [2.24, 2.45) is 0 Å². The number of fused-ring (bicyclic) bond motifs is 1. The van der Waals surface area contributed by atoms with Crippen LogP contribution in [0.1, 0.15) is 44.2 Å². The van der Waals surface area contributed by atoms with Crippen molar-refractivity contribution in [3.63, 3.8) is 0 Å². The highest BCUT2D eigenvalue weighted by Gasteiger charge is 2.17. The Balaban J connectivity index is 1.93. The van der Waals surface area contributed by atoms with E-state index in [1.807, 2.05) is 0 Å². The average molecular weight is 326 g/mol. The molecule has 1 aromatic rings. The summed E-state index contributed by atoms with van der Waals surface area (Å²) >= 11 is 3.61. The lowest BCUT2D eigenvalue weighted by molar-refractivity contribution is 0.352. The van der Waals surface area contributed by atoms with E-state index in [9.17, 15) is 0 Å². The first-order valence-electron chi connectivity index (χ1n) is 7.42. The number of halogens is 1. The Hall–Kier alpha value is -0.540. The van der Waals surface area contributed by atoms with E-state index in [1.54, 1.807) is 0 Å². The van der Waals surface area contributed by atoms with Gasteiger partial charge in [-0.25, -0.2) is 0 Å². The van der Waals surface area contributed by atoms with Crippen LogP contribution in [0.15, 0.2) is 16.6 Å². The summed E-state index contributed by atoms with van der Waals surface area (Å²) in [5.74, 6) is 1.15. The molecule has 1 heterocycles. The van der Waals surface area contributed by atoms with Crippen molar-refractivity contribution in [1.29, 1.82) is 0 Å². The molecule has 0 bridgehead atoms. The summed E-state index contributed by atoms with van der Waals surface area (Å²) in [4.78, 5) is 0. The molecule has 2 nitrogen and oxygen atoms in total. The molecule has 0 spiro atoms. The molecule has 0 aliphatic carbocycles. The minimum atomic E-state index is 0.658. The Morgan fingerprint density at radius 3 is 2.95 bits per heavy atom. The summed E-state index contributed by atoms with van der Waals surface area (Å²) in [7, 11) is 0. The highest BCUT2D eigenvalue weighted by Crippen LogP contribution is 2.33. The summed E-state index contributed by atoms with van der Waals surface area (Å²) in [6.07, 6.45) is 5.84. The van der Waals surface area contributed by atoms with Crippen LogP contribution in [0.5, 0.6) is 5.75 Å². The van der Waals surface area contributed by atoms with Crippen molar-refractivity contribution < 1.29 is 4.74 Å². The maximum absolute atomic E-state index is 5.78. The maximum atomic E-state index is 5.78. The monoisotopic (exact) mass is 325 g/mol. The largest absolute Gasteiger partial charge is 0.493 e. The summed E-state index contributed by atoms with van der Waals surface area (Å²) in [6, 6.07) is 5.07. The average Bonchev–Trinajstić information content (AvgIpc) is 2.85. The van der Waals surface area contributed by atoms with Crippen LogP contribution in [0.25, 0.3) is 0 Å². The van der Waals surface area contributed by atoms with E-state index in [0.717, 1.165) is 31.7 Å². The van der Waals surface area contributed by atoms with E-state index >= 15 is 0 Å².